The third-order valence-corrected chi connectivity index (χ3v) is 4.29. The molecule has 0 radical (unpaired) electrons. The molecule has 0 spiro atoms. The minimum absolute atomic E-state index is 0.145. The minimum Gasteiger partial charge on any atom is -0.490 e. The first-order valence-corrected chi connectivity index (χ1v) is 7.75. The van der Waals surface area contributed by atoms with E-state index in [2.05, 4.69) is 0 Å². The van der Waals surface area contributed by atoms with Gasteiger partial charge in [0.2, 0.25) is 0 Å². The van der Waals surface area contributed by atoms with Crippen LogP contribution in [-0.4, -0.2) is 24.5 Å². The molecule has 124 valence electrons. The molecule has 3 rings (SSSR count). The van der Waals surface area contributed by atoms with E-state index >= 15 is 0 Å². The number of methoxy groups -OCH3 is 1. The van der Waals surface area contributed by atoms with Crippen LogP contribution in [0.25, 0.3) is 0 Å². The summed E-state index contributed by atoms with van der Waals surface area (Å²) in [7, 11) is 1.37. The number of carbonyl (C=O) groups is 1. The van der Waals surface area contributed by atoms with E-state index < -0.39 is 4.92 Å². The largest absolute Gasteiger partial charge is 0.490 e. The zero-order valence-corrected chi connectivity index (χ0v) is 13.6. The third-order valence-electron chi connectivity index (χ3n) is 4.29. The molecule has 2 aromatic carbocycles. The van der Waals surface area contributed by atoms with Crippen LogP contribution in [0.4, 0.5) is 11.4 Å². The summed E-state index contributed by atoms with van der Waals surface area (Å²) in [6.07, 6.45) is 1.81. The van der Waals surface area contributed by atoms with Crippen molar-refractivity contribution in [1.82, 2.24) is 0 Å². The quantitative estimate of drug-likeness (QED) is 0.639. The number of nitrogens with zero attached hydrogens (tertiary/aromatic N) is 2. The zero-order chi connectivity index (χ0) is 17.3. The lowest BCUT2D eigenvalue weighted by atomic mass is 9.97. The lowest BCUT2D eigenvalue weighted by Crippen LogP contribution is -2.36. The van der Waals surface area contributed by atoms with Crippen molar-refractivity contribution < 1.29 is 14.5 Å². The van der Waals surface area contributed by atoms with Gasteiger partial charge in [-0.15, -0.1) is 0 Å². The average Bonchev–Trinajstić information content (AvgIpc) is 2.60. The second-order valence-corrected chi connectivity index (χ2v) is 5.79. The number of benzene rings is 2. The summed E-state index contributed by atoms with van der Waals surface area (Å²) in [5.74, 6) is -0.0808. The number of aryl methyl sites for hydroxylation is 2. The molecule has 1 aliphatic heterocycles. The van der Waals surface area contributed by atoms with E-state index in [-0.39, 0.29) is 17.3 Å². The second-order valence-electron chi connectivity index (χ2n) is 5.79. The first-order chi connectivity index (χ1) is 11.5. The van der Waals surface area contributed by atoms with E-state index in [1.54, 1.807) is 11.0 Å². The Morgan fingerprint density at radius 1 is 1.29 bits per heavy atom. The highest BCUT2D eigenvalue weighted by molar-refractivity contribution is 6.07. The Hall–Kier alpha value is -2.89. The normalized spacial score (nSPS) is 13.3. The highest BCUT2D eigenvalue weighted by Gasteiger charge is 2.27. The number of hydrogen-bond acceptors (Lipinski definition) is 4. The molecule has 6 heteroatoms. The van der Waals surface area contributed by atoms with Gasteiger partial charge in [-0.1, -0.05) is 18.2 Å². The maximum Gasteiger partial charge on any atom is 0.311 e. The van der Waals surface area contributed by atoms with Gasteiger partial charge in [-0.05, 0) is 43.0 Å². The first-order valence-electron chi connectivity index (χ1n) is 7.75. The molecule has 24 heavy (non-hydrogen) atoms. The van der Waals surface area contributed by atoms with E-state index in [1.165, 1.54) is 19.2 Å². The van der Waals surface area contributed by atoms with Crippen LogP contribution in [0, 0.1) is 17.0 Å². The SMILES string of the molecule is COc1ccc(C(=O)N2CCCc3cccc(C)c32)cc1[N+](=O)[O-]. The van der Waals surface area contributed by atoms with E-state index in [0.29, 0.717) is 12.1 Å². The topological polar surface area (TPSA) is 72.7 Å². The fraction of sp³-hybridized carbons (Fsp3) is 0.278. The molecule has 0 aliphatic carbocycles. The number of carbonyl (C=O) groups excluding carboxylic acids is 1. The number of anilines is 1. The van der Waals surface area contributed by atoms with Crippen LogP contribution in [0.15, 0.2) is 36.4 Å². The predicted molar refractivity (Wildman–Crippen MR) is 90.8 cm³/mol. The number of nitro benzene ring substituents is 1. The summed E-state index contributed by atoms with van der Waals surface area (Å²) in [5.41, 5.74) is 3.18. The summed E-state index contributed by atoms with van der Waals surface area (Å²) in [6, 6.07) is 10.3. The van der Waals surface area contributed by atoms with E-state index in [0.717, 1.165) is 29.7 Å². The standard InChI is InChI=1S/C18H18N2O4/c1-12-5-3-6-13-7-4-10-19(17(12)13)18(21)14-8-9-16(24-2)15(11-14)20(22)23/h3,5-6,8-9,11H,4,7,10H2,1-2H3. The molecular formula is C18H18N2O4. The summed E-state index contributed by atoms with van der Waals surface area (Å²) < 4.78 is 5.00. The molecule has 2 aromatic rings. The number of ether oxygens (including phenoxy) is 1. The monoisotopic (exact) mass is 326 g/mol. The fourth-order valence-corrected chi connectivity index (χ4v) is 3.17. The number of amides is 1. The van der Waals surface area contributed by atoms with Crippen LogP contribution >= 0.6 is 0 Å². The summed E-state index contributed by atoms with van der Waals surface area (Å²) in [4.78, 5) is 25.3. The van der Waals surface area contributed by atoms with Crippen LogP contribution in [0.1, 0.15) is 27.9 Å². The van der Waals surface area contributed by atoms with Gasteiger partial charge in [0.25, 0.3) is 5.91 Å². The van der Waals surface area contributed by atoms with Gasteiger partial charge in [0.1, 0.15) is 0 Å². The number of rotatable bonds is 3. The van der Waals surface area contributed by atoms with Crippen molar-refractivity contribution >= 4 is 17.3 Å². The van der Waals surface area contributed by atoms with Gasteiger partial charge in [0.05, 0.1) is 17.7 Å². The molecule has 0 aromatic heterocycles. The minimum atomic E-state index is -0.537. The van der Waals surface area contributed by atoms with Gasteiger partial charge in [0, 0.05) is 18.2 Å². The van der Waals surface area contributed by atoms with Gasteiger partial charge in [0.15, 0.2) is 5.75 Å². The second kappa shape index (κ2) is 6.31. The van der Waals surface area contributed by atoms with Crippen molar-refractivity contribution in [2.24, 2.45) is 0 Å². The molecule has 0 saturated carbocycles. The highest BCUT2D eigenvalue weighted by Crippen LogP contribution is 2.33. The maximum absolute atomic E-state index is 13.0. The first kappa shape index (κ1) is 16.0. The molecule has 1 amide bonds. The lowest BCUT2D eigenvalue weighted by molar-refractivity contribution is -0.385. The van der Waals surface area contributed by atoms with Gasteiger partial charge in [-0.2, -0.15) is 0 Å². The lowest BCUT2D eigenvalue weighted by Gasteiger charge is -2.31. The Morgan fingerprint density at radius 2 is 2.08 bits per heavy atom. The molecular weight excluding hydrogens is 308 g/mol. The van der Waals surface area contributed by atoms with E-state index in [1.807, 2.05) is 25.1 Å². The molecule has 6 nitrogen and oxygen atoms in total. The van der Waals surface area contributed by atoms with Crippen LogP contribution in [0.5, 0.6) is 5.75 Å². The van der Waals surface area contributed by atoms with Crippen molar-refractivity contribution in [3.63, 3.8) is 0 Å². The zero-order valence-electron chi connectivity index (χ0n) is 13.6. The van der Waals surface area contributed by atoms with Crippen molar-refractivity contribution in [2.45, 2.75) is 19.8 Å². The van der Waals surface area contributed by atoms with Crippen LogP contribution < -0.4 is 9.64 Å². The van der Waals surface area contributed by atoms with Crippen molar-refractivity contribution in [3.8, 4) is 5.75 Å². The third kappa shape index (κ3) is 2.71. The Morgan fingerprint density at radius 3 is 2.79 bits per heavy atom. The number of para-hydroxylation sites is 1. The van der Waals surface area contributed by atoms with Crippen LogP contribution in [0.2, 0.25) is 0 Å². The van der Waals surface area contributed by atoms with Crippen LogP contribution in [-0.2, 0) is 6.42 Å². The highest BCUT2D eigenvalue weighted by atomic mass is 16.6. The predicted octanol–water partition coefficient (Wildman–Crippen LogP) is 3.50. The Kier molecular flexibility index (Phi) is 4.20. The Balaban J connectivity index is 2.03. The van der Waals surface area contributed by atoms with Crippen molar-refractivity contribution in [1.29, 1.82) is 0 Å². The molecule has 0 atom stereocenters. The number of fused-ring (bicyclic) bond motifs is 1. The van der Waals surface area contributed by atoms with E-state index in [9.17, 15) is 14.9 Å². The molecule has 0 bridgehead atoms. The fourth-order valence-electron chi connectivity index (χ4n) is 3.17. The molecule has 0 saturated heterocycles. The van der Waals surface area contributed by atoms with Gasteiger partial charge >= 0.3 is 5.69 Å². The number of hydrogen-bond donors (Lipinski definition) is 0. The Labute approximate surface area is 139 Å². The summed E-state index contributed by atoms with van der Waals surface area (Å²) >= 11 is 0. The van der Waals surface area contributed by atoms with Gasteiger partial charge < -0.3 is 9.64 Å². The molecule has 0 unspecified atom stereocenters. The summed E-state index contributed by atoms with van der Waals surface area (Å²) in [5, 5.41) is 11.2. The summed E-state index contributed by atoms with van der Waals surface area (Å²) in [6.45, 7) is 2.58. The van der Waals surface area contributed by atoms with Crippen molar-refractivity contribution in [3.05, 3.63) is 63.2 Å². The molecule has 0 fully saturated rings. The van der Waals surface area contributed by atoms with Crippen molar-refractivity contribution in [2.75, 3.05) is 18.6 Å². The average molecular weight is 326 g/mol. The smallest absolute Gasteiger partial charge is 0.311 e. The van der Waals surface area contributed by atoms with Crippen LogP contribution in [0.3, 0.4) is 0 Å². The van der Waals surface area contributed by atoms with Gasteiger partial charge in [-0.25, -0.2) is 0 Å². The molecule has 0 N–H and O–H groups in total. The Bertz CT molecular complexity index is 817. The maximum atomic E-state index is 13.0. The molecule has 1 heterocycles. The number of nitro groups is 1. The van der Waals surface area contributed by atoms with Gasteiger partial charge in [-0.3, -0.25) is 14.9 Å². The van der Waals surface area contributed by atoms with E-state index in [4.69, 9.17) is 4.74 Å². The molecule has 1 aliphatic rings.